The molecule has 6 nitrogen and oxygen atoms in total. The summed E-state index contributed by atoms with van der Waals surface area (Å²) < 4.78 is 68.3. The number of alkyl halides is 3. The molecule has 1 N–H and O–H groups in total. The predicted molar refractivity (Wildman–Crippen MR) is 70.9 cm³/mol. The molecule has 0 unspecified atom stereocenters. The molecule has 0 aromatic carbocycles. The molecular weight excluding hydrogens is 327 g/mol. The second-order valence-corrected chi connectivity index (χ2v) is 7.26. The molecule has 0 radical (unpaired) electrons. The summed E-state index contributed by atoms with van der Waals surface area (Å²) in [4.78, 5) is 11.6. The molecular formula is C12H18F3NO5S. The van der Waals surface area contributed by atoms with Crippen molar-refractivity contribution in [1.29, 1.82) is 0 Å². The molecule has 1 rings (SSSR count). The maximum Gasteiger partial charge on any atom is 0.534 e. The molecule has 128 valence electrons. The van der Waals surface area contributed by atoms with E-state index in [1.807, 2.05) is 0 Å². The lowest BCUT2D eigenvalue weighted by atomic mass is 10.0. The van der Waals surface area contributed by atoms with Crippen LogP contribution in [0.1, 0.15) is 46.5 Å². The Labute approximate surface area is 126 Å². The average Bonchev–Trinajstić information content (AvgIpc) is 2.27. The summed E-state index contributed by atoms with van der Waals surface area (Å²) >= 11 is 0. The van der Waals surface area contributed by atoms with Gasteiger partial charge in [0.05, 0.1) is 5.70 Å². The molecule has 0 spiro atoms. The minimum absolute atomic E-state index is 0.00618. The number of alkyl carbamates (subject to hydrolysis) is 1. The number of ether oxygens (including phenoxy) is 1. The smallest absolute Gasteiger partial charge is 0.444 e. The van der Waals surface area contributed by atoms with Gasteiger partial charge in [-0.1, -0.05) is 0 Å². The van der Waals surface area contributed by atoms with Gasteiger partial charge in [0.15, 0.2) is 0 Å². The van der Waals surface area contributed by atoms with E-state index in [2.05, 4.69) is 9.50 Å². The van der Waals surface area contributed by atoms with Crippen molar-refractivity contribution in [3.05, 3.63) is 11.5 Å². The molecule has 0 aromatic heterocycles. The van der Waals surface area contributed by atoms with Gasteiger partial charge >= 0.3 is 21.7 Å². The maximum absolute atomic E-state index is 12.4. The third-order valence-electron chi connectivity index (χ3n) is 2.56. The first kappa shape index (κ1) is 18.6. The Hall–Kier alpha value is -1.45. The highest BCUT2D eigenvalue weighted by atomic mass is 32.2. The summed E-state index contributed by atoms with van der Waals surface area (Å²) in [7, 11) is -5.75. The highest BCUT2D eigenvalue weighted by Crippen LogP contribution is 2.31. The van der Waals surface area contributed by atoms with Crippen LogP contribution in [0, 0.1) is 0 Å². The number of rotatable bonds is 3. The summed E-state index contributed by atoms with van der Waals surface area (Å²) in [6.07, 6.45) is 0.351. The van der Waals surface area contributed by atoms with E-state index in [9.17, 15) is 26.4 Å². The van der Waals surface area contributed by atoms with Crippen LogP contribution >= 0.6 is 0 Å². The van der Waals surface area contributed by atoms with Crippen LogP contribution in [-0.4, -0.2) is 25.6 Å². The summed E-state index contributed by atoms with van der Waals surface area (Å²) in [6.45, 7) is 4.86. The number of halogens is 3. The molecule has 0 aromatic rings. The van der Waals surface area contributed by atoms with Crippen LogP contribution in [0.4, 0.5) is 18.0 Å². The summed E-state index contributed by atoms with van der Waals surface area (Å²) in [6, 6.07) is 0. The van der Waals surface area contributed by atoms with Gasteiger partial charge in [0.2, 0.25) is 0 Å². The van der Waals surface area contributed by atoms with Crippen LogP contribution in [0.2, 0.25) is 0 Å². The minimum atomic E-state index is -5.75. The van der Waals surface area contributed by atoms with Crippen LogP contribution in [0.3, 0.4) is 0 Å². The molecule has 10 heteroatoms. The van der Waals surface area contributed by atoms with Gasteiger partial charge in [0.1, 0.15) is 11.4 Å². The fraction of sp³-hybridized carbons (Fsp3) is 0.750. The standard InChI is InChI=1S/C12H18F3NO5S/c1-11(2,3)20-10(17)16-8-6-4-5-7-9(8)21-22(18,19)12(13,14)15/h4-7H2,1-3H3,(H,16,17). The highest BCUT2D eigenvalue weighted by molar-refractivity contribution is 7.87. The first-order chi connectivity index (χ1) is 9.82. The molecule has 0 fully saturated rings. The topological polar surface area (TPSA) is 81.7 Å². The quantitative estimate of drug-likeness (QED) is 0.628. The second kappa shape index (κ2) is 6.35. The molecule has 0 saturated carbocycles. The van der Waals surface area contributed by atoms with Crippen molar-refractivity contribution in [1.82, 2.24) is 5.32 Å². The first-order valence-corrected chi connectivity index (χ1v) is 7.95. The van der Waals surface area contributed by atoms with E-state index in [-0.39, 0.29) is 18.5 Å². The Kier molecular flexibility index (Phi) is 5.37. The summed E-state index contributed by atoms with van der Waals surface area (Å²) in [5.41, 5.74) is -6.32. The third kappa shape index (κ3) is 5.39. The van der Waals surface area contributed by atoms with Crippen LogP contribution < -0.4 is 5.32 Å². The van der Waals surface area contributed by atoms with Crippen LogP contribution in [0.5, 0.6) is 0 Å². The van der Waals surface area contributed by atoms with Gasteiger partial charge in [-0.15, -0.1) is 0 Å². The molecule has 0 bridgehead atoms. The van der Waals surface area contributed by atoms with E-state index in [1.165, 1.54) is 0 Å². The van der Waals surface area contributed by atoms with Crippen molar-refractivity contribution < 1.29 is 35.3 Å². The van der Waals surface area contributed by atoms with Gasteiger partial charge in [-0.2, -0.15) is 21.6 Å². The average molecular weight is 345 g/mol. The Bertz CT molecular complexity index is 560. The van der Waals surface area contributed by atoms with Crippen LogP contribution in [0.15, 0.2) is 11.5 Å². The minimum Gasteiger partial charge on any atom is -0.444 e. The number of carbonyl (C=O) groups is 1. The molecule has 0 atom stereocenters. The van der Waals surface area contributed by atoms with Crippen molar-refractivity contribution >= 4 is 16.2 Å². The van der Waals surface area contributed by atoms with E-state index in [0.717, 1.165) is 0 Å². The van der Waals surface area contributed by atoms with Gasteiger partial charge in [-0.25, -0.2) is 4.79 Å². The molecule has 22 heavy (non-hydrogen) atoms. The normalized spacial score (nSPS) is 17.2. The number of hydrogen-bond donors (Lipinski definition) is 1. The van der Waals surface area contributed by atoms with E-state index in [1.54, 1.807) is 20.8 Å². The van der Waals surface area contributed by atoms with Crippen molar-refractivity contribution in [3.8, 4) is 0 Å². The zero-order chi connectivity index (χ0) is 17.2. The third-order valence-corrected chi connectivity index (χ3v) is 3.55. The largest absolute Gasteiger partial charge is 0.534 e. The fourth-order valence-corrected chi connectivity index (χ4v) is 2.25. The molecule has 1 aliphatic rings. The number of nitrogens with one attached hydrogen (secondary N) is 1. The molecule has 0 saturated heterocycles. The maximum atomic E-state index is 12.4. The predicted octanol–water partition coefficient (Wildman–Crippen LogP) is 3.16. The number of amides is 1. The van der Waals surface area contributed by atoms with Gasteiger partial charge < -0.3 is 8.92 Å². The SMILES string of the molecule is CC(C)(C)OC(=O)NC1=C(OS(=O)(=O)C(F)(F)F)CCCC1. The Morgan fingerprint density at radius 2 is 1.68 bits per heavy atom. The van der Waals surface area contributed by atoms with Gasteiger partial charge in [-0.3, -0.25) is 5.32 Å². The first-order valence-electron chi connectivity index (χ1n) is 6.54. The van der Waals surface area contributed by atoms with Gasteiger partial charge in [-0.05, 0) is 40.0 Å². The lowest BCUT2D eigenvalue weighted by Crippen LogP contribution is -2.34. The lowest BCUT2D eigenvalue weighted by Gasteiger charge is -2.24. The van der Waals surface area contributed by atoms with E-state index in [4.69, 9.17) is 4.74 Å². The molecule has 1 amide bonds. The summed E-state index contributed by atoms with van der Waals surface area (Å²) in [5.74, 6) is -0.408. The van der Waals surface area contributed by atoms with Crippen LogP contribution in [0.25, 0.3) is 0 Å². The lowest BCUT2D eigenvalue weighted by molar-refractivity contribution is -0.0525. The number of hydrogen-bond acceptors (Lipinski definition) is 5. The zero-order valence-electron chi connectivity index (χ0n) is 12.4. The van der Waals surface area contributed by atoms with E-state index < -0.39 is 33.1 Å². The van der Waals surface area contributed by atoms with Crippen LogP contribution in [-0.2, 0) is 19.0 Å². The van der Waals surface area contributed by atoms with Gasteiger partial charge in [0, 0.05) is 6.42 Å². The number of carbonyl (C=O) groups excluding carboxylic acids is 1. The molecule has 0 heterocycles. The Balaban J connectivity index is 2.93. The summed E-state index contributed by atoms with van der Waals surface area (Å²) in [5, 5.41) is 2.26. The second-order valence-electron chi connectivity index (χ2n) is 5.72. The van der Waals surface area contributed by atoms with E-state index >= 15 is 0 Å². The Morgan fingerprint density at radius 1 is 1.14 bits per heavy atom. The molecule has 1 aliphatic carbocycles. The monoisotopic (exact) mass is 345 g/mol. The molecule has 0 aliphatic heterocycles. The van der Waals surface area contributed by atoms with Crippen molar-refractivity contribution in [2.24, 2.45) is 0 Å². The number of allylic oxidation sites excluding steroid dienone is 2. The van der Waals surface area contributed by atoms with Gasteiger partial charge in [0.25, 0.3) is 0 Å². The highest BCUT2D eigenvalue weighted by Gasteiger charge is 2.49. The van der Waals surface area contributed by atoms with E-state index in [0.29, 0.717) is 12.8 Å². The van der Waals surface area contributed by atoms with Crippen molar-refractivity contribution in [2.45, 2.75) is 57.6 Å². The fourth-order valence-electron chi connectivity index (χ4n) is 1.71. The van der Waals surface area contributed by atoms with Crippen molar-refractivity contribution in [3.63, 3.8) is 0 Å². The van der Waals surface area contributed by atoms with Crippen molar-refractivity contribution in [2.75, 3.05) is 0 Å². The Morgan fingerprint density at radius 3 is 2.18 bits per heavy atom. The zero-order valence-corrected chi connectivity index (χ0v) is 13.2.